The van der Waals surface area contributed by atoms with E-state index in [2.05, 4.69) is 21.7 Å². The zero-order valence-electron chi connectivity index (χ0n) is 13.9. The maximum atomic E-state index is 12.8. The fourth-order valence-electron chi connectivity index (χ4n) is 2.34. The first kappa shape index (κ1) is 17.7. The van der Waals surface area contributed by atoms with Gasteiger partial charge >= 0.3 is 0 Å². The predicted molar refractivity (Wildman–Crippen MR) is 99.2 cm³/mol. The predicted octanol–water partition coefficient (Wildman–Crippen LogP) is 4.03. The van der Waals surface area contributed by atoms with Crippen LogP contribution in [0.5, 0.6) is 0 Å². The zero-order valence-corrected chi connectivity index (χ0v) is 15.5. The summed E-state index contributed by atoms with van der Waals surface area (Å²) in [5, 5.41) is 5.38. The van der Waals surface area contributed by atoms with E-state index in [1.54, 1.807) is 28.8 Å². The van der Waals surface area contributed by atoms with Gasteiger partial charge in [0.15, 0.2) is 11.0 Å². The van der Waals surface area contributed by atoms with Gasteiger partial charge in [0.2, 0.25) is 5.89 Å². The third kappa shape index (κ3) is 3.62. The Kier molecular flexibility index (Phi) is 5.24. The Labute approximate surface area is 153 Å². The molecule has 3 aromatic rings. The standard InChI is InChI=1S/C17H17ClN4O2S/c1-4-8-22-16(23)12-7-6-11(18)9-13(12)19-17(22)25-10(3)15-20-14(5-2)21-24-15/h4,6-7,9-10H,1,5,8H2,2-3H3. The molecule has 0 amide bonds. The Morgan fingerprint density at radius 3 is 2.92 bits per heavy atom. The second kappa shape index (κ2) is 7.41. The highest BCUT2D eigenvalue weighted by Crippen LogP contribution is 2.33. The molecule has 0 spiro atoms. The van der Waals surface area contributed by atoms with Gasteiger partial charge in [-0.3, -0.25) is 9.36 Å². The van der Waals surface area contributed by atoms with Crippen LogP contribution in [0.3, 0.4) is 0 Å². The van der Waals surface area contributed by atoms with Crippen LogP contribution in [-0.4, -0.2) is 19.7 Å². The summed E-state index contributed by atoms with van der Waals surface area (Å²) in [7, 11) is 0. The normalized spacial score (nSPS) is 12.4. The number of aromatic nitrogens is 4. The van der Waals surface area contributed by atoms with Gasteiger partial charge in [-0.1, -0.05) is 41.5 Å². The highest BCUT2D eigenvalue weighted by Gasteiger charge is 2.19. The van der Waals surface area contributed by atoms with Crippen LogP contribution in [-0.2, 0) is 13.0 Å². The Morgan fingerprint density at radius 2 is 2.24 bits per heavy atom. The van der Waals surface area contributed by atoms with E-state index in [4.69, 9.17) is 16.1 Å². The summed E-state index contributed by atoms with van der Waals surface area (Å²) in [6, 6.07) is 5.06. The Balaban J connectivity index is 2.05. The summed E-state index contributed by atoms with van der Waals surface area (Å²) in [4.78, 5) is 21.7. The van der Waals surface area contributed by atoms with E-state index in [0.717, 1.165) is 0 Å². The Morgan fingerprint density at radius 1 is 1.44 bits per heavy atom. The number of nitrogens with zero attached hydrogens (tertiary/aromatic N) is 4. The number of halogens is 1. The minimum Gasteiger partial charge on any atom is -0.338 e. The number of thioether (sulfide) groups is 1. The van der Waals surface area contributed by atoms with Crippen LogP contribution in [0.15, 0.2) is 45.3 Å². The number of hydrogen-bond donors (Lipinski definition) is 0. The maximum Gasteiger partial charge on any atom is 0.262 e. The van der Waals surface area contributed by atoms with Gasteiger partial charge in [0, 0.05) is 18.0 Å². The van der Waals surface area contributed by atoms with Gasteiger partial charge in [-0.25, -0.2) is 4.98 Å². The van der Waals surface area contributed by atoms with Crippen LogP contribution in [0.1, 0.15) is 30.8 Å². The van der Waals surface area contributed by atoms with Crippen molar-refractivity contribution in [2.75, 3.05) is 0 Å². The van der Waals surface area contributed by atoms with E-state index >= 15 is 0 Å². The number of benzene rings is 1. The average molecular weight is 377 g/mol. The fourth-order valence-corrected chi connectivity index (χ4v) is 3.45. The summed E-state index contributed by atoms with van der Waals surface area (Å²) < 4.78 is 6.87. The molecular weight excluding hydrogens is 360 g/mol. The van der Waals surface area contributed by atoms with Crippen molar-refractivity contribution in [2.45, 2.75) is 37.2 Å². The first-order valence-corrected chi connectivity index (χ1v) is 9.09. The molecule has 0 bridgehead atoms. The fraction of sp³-hybridized carbons (Fsp3) is 0.294. The van der Waals surface area contributed by atoms with Crippen molar-refractivity contribution in [3.05, 3.63) is 57.9 Å². The average Bonchev–Trinajstić information content (AvgIpc) is 3.07. The van der Waals surface area contributed by atoms with Crippen LogP contribution < -0.4 is 5.56 Å². The molecule has 2 heterocycles. The minimum atomic E-state index is -0.146. The molecule has 0 aliphatic heterocycles. The van der Waals surface area contributed by atoms with Gasteiger partial charge in [-0.15, -0.1) is 6.58 Å². The smallest absolute Gasteiger partial charge is 0.262 e. The Hall–Kier alpha value is -2.12. The molecule has 1 aromatic carbocycles. The second-order valence-corrected chi connectivity index (χ2v) is 7.17. The number of allylic oxidation sites excluding steroid dienone is 1. The summed E-state index contributed by atoms with van der Waals surface area (Å²) in [6.07, 6.45) is 2.37. The lowest BCUT2D eigenvalue weighted by atomic mass is 10.2. The molecule has 3 rings (SSSR count). The van der Waals surface area contributed by atoms with Crippen LogP contribution in [0.25, 0.3) is 10.9 Å². The maximum absolute atomic E-state index is 12.8. The molecule has 0 radical (unpaired) electrons. The molecule has 2 aromatic heterocycles. The van der Waals surface area contributed by atoms with Gasteiger partial charge in [0.05, 0.1) is 16.2 Å². The molecule has 0 fully saturated rings. The Bertz CT molecular complexity index is 982. The van der Waals surface area contributed by atoms with E-state index in [1.807, 2.05) is 13.8 Å². The van der Waals surface area contributed by atoms with Crippen molar-refractivity contribution in [2.24, 2.45) is 0 Å². The quantitative estimate of drug-likeness (QED) is 0.367. The molecule has 6 nitrogen and oxygen atoms in total. The van der Waals surface area contributed by atoms with Gasteiger partial charge in [0.25, 0.3) is 5.56 Å². The molecule has 8 heteroatoms. The van der Waals surface area contributed by atoms with Crippen LogP contribution in [0, 0.1) is 0 Å². The SMILES string of the molecule is C=CCn1c(SC(C)c2nc(CC)no2)nc2cc(Cl)ccc2c1=O. The lowest BCUT2D eigenvalue weighted by Gasteiger charge is -2.13. The van der Waals surface area contributed by atoms with E-state index in [-0.39, 0.29) is 10.8 Å². The van der Waals surface area contributed by atoms with Crippen molar-refractivity contribution in [1.82, 2.24) is 19.7 Å². The molecule has 0 aliphatic rings. The molecule has 0 saturated carbocycles. The monoisotopic (exact) mass is 376 g/mol. The topological polar surface area (TPSA) is 73.8 Å². The van der Waals surface area contributed by atoms with E-state index in [1.165, 1.54) is 11.8 Å². The zero-order chi connectivity index (χ0) is 18.0. The third-order valence-corrected chi connectivity index (χ3v) is 4.94. The molecule has 1 unspecified atom stereocenters. The van der Waals surface area contributed by atoms with Crippen LogP contribution in [0.2, 0.25) is 5.02 Å². The first-order valence-electron chi connectivity index (χ1n) is 7.83. The van der Waals surface area contributed by atoms with Crippen molar-refractivity contribution < 1.29 is 4.52 Å². The van der Waals surface area contributed by atoms with Crippen molar-refractivity contribution in [1.29, 1.82) is 0 Å². The molecule has 0 N–H and O–H groups in total. The van der Waals surface area contributed by atoms with Crippen molar-refractivity contribution in [3.63, 3.8) is 0 Å². The van der Waals surface area contributed by atoms with Gasteiger partial charge in [0.1, 0.15) is 0 Å². The van der Waals surface area contributed by atoms with Gasteiger partial charge in [-0.2, -0.15) is 4.98 Å². The number of fused-ring (bicyclic) bond motifs is 1. The van der Waals surface area contributed by atoms with Crippen molar-refractivity contribution >= 4 is 34.3 Å². The number of rotatable bonds is 6. The summed E-state index contributed by atoms with van der Waals surface area (Å²) in [6.45, 7) is 7.99. The van der Waals surface area contributed by atoms with E-state index in [0.29, 0.717) is 45.8 Å². The molecule has 1 atom stereocenters. The van der Waals surface area contributed by atoms with Gasteiger partial charge < -0.3 is 4.52 Å². The summed E-state index contributed by atoms with van der Waals surface area (Å²) in [5.41, 5.74) is 0.434. The lowest BCUT2D eigenvalue weighted by Crippen LogP contribution is -2.23. The van der Waals surface area contributed by atoms with Gasteiger partial charge in [-0.05, 0) is 25.1 Å². The highest BCUT2D eigenvalue weighted by atomic mass is 35.5. The largest absolute Gasteiger partial charge is 0.338 e. The molecule has 25 heavy (non-hydrogen) atoms. The number of hydrogen-bond acceptors (Lipinski definition) is 6. The summed E-state index contributed by atoms with van der Waals surface area (Å²) >= 11 is 7.43. The first-order chi connectivity index (χ1) is 12.0. The highest BCUT2D eigenvalue weighted by molar-refractivity contribution is 7.99. The summed E-state index contributed by atoms with van der Waals surface area (Å²) in [5.74, 6) is 1.16. The number of aryl methyl sites for hydroxylation is 1. The molecular formula is C17H17ClN4O2S. The van der Waals surface area contributed by atoms with Crippen LogP contribution >= 0.6 is 23.4 Å². The minimum absolute atomic E-state index is 0.129. The van der Waals surface area contributed by atoms with E-state index < -0.39 is 0 Å². The van der Waals surface area contributed by atoms with E-state index in [9.17, 15) is 4.79 Å². The molecule has 0 aliphatic carbocycles. The van der Waals surface area contributed by atoms with Crippen LogP contribution in [0.4, 0.5) is 0 Å². The third-order valence-electron chi connectivity index (χ3n) is 3.62. The lowest BCUT2D eigenvalue weighted by molar-refractivity contribution is 0.375. The molecule has 130 valence electrons. The second-order valence-electron chi connectivity index (χ2n) is 5.42. The van der Waals surface area contributed by atoms with Crippen molar-refractivity contribution in [3.8, 4) is 0 Å². The molecule has 0 saturated heterocycles.